The van der Waals surface area contributed by atoms with Crippen LogP contribution >= 0.6 is 15.9 Å². The third-order valence-corrected chi connectivity index (χ3v) is 4.19. The predicted molar refractivity (Wildman–Crippen MR) is 83.9 cm³/mol. The van der Waals surface area contributed by atoms with Gasteiger partial charge in [0.15, 0.2) is 0 Å². The number of benzene rings is 2. The Morgan fingerprint density at radius 2 is 2.14 bits per heavy atom. The summed E-state index contributed by atoms with van der Waals surface area (Å²) >= 11 is 3.42. The van der Waals surface area contributed by atoms with Crippen LogP contribution in [0.4, 0.5) is 0 Å². The lowest BCUT2D eigenvalue weighted by Gasteiger charge is -2.26. The minimum atomic E-state index is -0.0485. The molecule has 1 heterocycles. The molecular weight excluding hydrogens is 332 g/mol. The number of fused-ring (bicyclic) bond motifs is 1. The zero-order chi connectivity index (χ0) is 14.7. The van der Waals surface area contributed by atoms with Crippen LogP contribution in [-0.4, -0.2) is 19.5 Å². The van der Waals surface area contributed by atoms with E-state index in [0.29, 0.717) is 17.9 Å². The highest BCUT2D eigenvalue weighted by Crippen LogP contribution is 2.30. The van der Waals surface area contributed by atoms with Gasteiger partial charge in [-0.15, -0.1) is 0 Å². The summed E-state index contributed by atoms with van der Waals surface area (Å²) in [5.41, 5.74) is 3.14. The lowest BCUT2D eigenvalue weighted by Crippen LogP contribution is -2.21. The van der Waals surface area contributed by atoms with E-state index >= 15 is 0 Å². The van der Waals surface area contributed by atoms with Crippen LogP contribution < -0.4 is 4.74 Å². The fourth-order valence-electron chi connectivity index (χ4n) is 2.49. The van der Waals surface area contributed by atoms with E-state index in [0.717, 1.165) is 23.8 Å². The summed E-state index contributed by atoms with van der Waals surface area (Å²) in [7, 11) is 0. The monoisotopic (exact) mass is 346 g/mol. The topological polar surface area (TPSA) is 35.5 Å². The summed E-state index contributed by atoms with van der Waals surface area (Å²) in [6.45, 7) is 1.17. The average molecular weight is 347 g/mol. The molecule has 2 aromatic carbocycles. The molecule has 0 amide bonds. The Kier molecular flexibility index (Phi) is 4.36. The SMILES string of the molecule is O=Cc1ccc(OCC2OCCc3ccccc32)c(Br)c1. The van der Waals surface area contributed by atoms with Gasteiger partial charge in [-0.25, -0.2) is 0 Å². The smallest absolute Gasteiger partial charge is 0.150 e. The van der Waals surface area contributed by atoms with Crippen molar-refractivity contribution in [2.75, 3.05) is 13.2 Å². The van der Waals surface area contributed by atoms with Crippen molar-refractivity contribution < 1.29 is 14.3 Å². The van der Waals surface area contributed by atoms with Gasteiger partial charge in [-0.1, -0.05) is 24.3 Å². The highest BCUT2D eigenvalue weighted by atomic mass is 79.9. The van der Waals surface area contributed by atoms with E-state index in [2.05, 4.69) is 34.1 Å². The van der Waals surface area contributed by atoms with Gasteiger partial charge in [0.1, 0.15) is 24.7 Å². The van der Waals surface area contributed by atoms with Crippen LogP contribution in [-0.2, 0) is 11.2 Å². The molecule has 0 saturated heterocycles. The van der Waals surface area contributed by atoms with Crippen molar-refractivity contribution in [3.8, 4) is 5.75 Å². The van der Waals surface area contributed by atoms with Crippen LogP contribution in [0.3, 0.4) is 0 Å². The summed E-state index contributed by atoms with van der Waals surface area (Å²) in [6, 6.07) is 13.6. The molecule has 0 fully saturated rings. The van der Waals surface area contributed by atoms with Crippen molar-refractivity contribution >= 4 is 22.2 Å². The summed E-state index contributed by atoms with van der Waals surface area (Å²) in [5, 5.41) is 0. The lowest BCUT2D eigenvalue weighted by atomic mass is 9.98. The van der Waals surface area contributed by atoms with Gasteiger partial charge in [-0.3, -0.25) is 4.79 Å². The van der Waals surface area contributed by atoms with Crippen LogP contribution in [0.15, 0.2) is 46.9 Å². The fraction of sp³-hybridized carbons (Fsp3) is 0.235. The van der Waals surface area contributed by atoms with Gasteiger partial charge < -0.3 is 9.47 Å². The molecule has 0 aliphatic carbocycles. The van der Waals surface area contributed by atoms with Crippen molar-refractivity contribution in [1.82, 2.24) is 0 Å². The second-order valence-electron chi connectivity index (χ2n) is 4.93. The van der Waals surface area contributed by atoms with Crippen molar-refractivity contribution in [3.05, 3.63) is 63.6 Å². The second kappa shape index (κ2) is 6.41. The molecule has 4 heteroatoms. The van der Waals surface area contributed by atoms with Crippen molar-refractivity contribution in [2.24, 2.45) is 0 Å². The molecule has 0 radical (unpaired) electrons. The summed E-state index contributed by atoms with van der Waals surface area (Å²) in [4.78, 5) is 10.7. The first-order valence-corrected chi connectivity index (χ1v) is 7.64. The maximum absolute atomic E-state index is 10.7. The molecule has 0 N–H and O–H groups in total. The van der Waals surface area contributed by atoms with E-state index in [1.807, 2.05) is 6.07 Å². The Morgan fingerprint density at radius 3 is 2.95 bits per heavy atom. The largest absolute Gasteiger partial charge is 0.489 e. The van der Waals surface area contributed by atoms with E-state index < -0.39 is 0 Å². The number of hydrogen-bond acceptors (Lipinski definition) is 3. The van der Waals surface area contributed by atoms with E-state index in [1.54, 1.807) is 18.2 Å². The minimum absolute atomic E-state index is 0.0485. The number of carbonyl (C=O) groups is 1. The summed E-state index contributed by atoms with van der Waals surface area (Å²) in [6.07, 6.45) is 1.71. The van der Waals surface area contributed by atoms with Crippen molar-refractivity contribution in [3.63, 3.8) is 0 Å². The molecule has 1 atom stereocenters. The molecular formula is C17H15BrO3. The van der Waals surface area contributed by atoms with Gasteiger partial charge in [0.2, 0.25) is 0 Å². The Bertz CT molecular complexity index is 654. The standard InChI is InChI=1S/C17H15BrO3/c18-15-9-12(10-19)5-6-16(15)21-11-17-14-4-2-1-3-13(14)7-8-20-17/h1-6,9-10,17H,7-8,11H2. The van der Waals surface area contributed by atoms with Crippen LogP contribution in [0.2, 0.25) is 0 Å². The zero-order valence-corrected chi connectivity index (χ0v) is 13.0. The molecule has 3 rings (SSSR count). The molecule has 3 nitrogen and oxygen atoms in total. The van der Waals surface area contributed by atoms with Gasteiger partial charge in [-0.2, -0.15) is 0 Å². The van der Waals surface area contributed by atoms with Crippen LogP contribution in [0.1, 0.15) is 27.6 Å². The molecule has 1 unspecified atom stereocenters. The Hall–Kier alpha value is -1.65. The van der Waals surface area contributed by atoms with Crippen molar-refractivity contribution in [1.29, 1.82) is 0 Å². The predicted octanol–water partition coefficient (Wildman–Crippen LogP) is 3.95. The minimum Gasteiger partial charge on any atom is -0.489 e. The normalized spacial score (nSPS) is 17.1. The summed E-state index contributed by atoms with van der Waals surface area (Å²) in [5.74, 6) is 0.715. The lowest BCUT2D eigenvalue weighted by molar-refractivity contribution is 0.0100. The van der Waals surface area contributed by atoms with E-state index in [4.69, 9.17) is 9.47 Å². The number of aldehydes is 1. The first kappa shape index (κ1) is 14.3. The molecule has 21 heavy (non-hydrogen) atoms. The van der Waals surface area contributed by atoms with Crippen LogP contribution in [0.5, 0.6) is 5.75 Å². The first-order valence-electron chi connectivity index (χ1n) is 6.85. The summed E-state index contributed by atoms with van der Waals surface area (Å²) < 4.78 is 12.4. The molecule has 0 spiro atoms. The van der Waals surface area contributed by atoms with E-state index in [-0.39, 0.29) is 6.10 Å². The number of hydrogen-bond donors (Lipinski definition) is 0. The highest BCUT2D eigenvalue weighted by molar-refractivity contribution is 9.10. The quantitative estimate of drug-likeness (QED) is 0.786. The highest BCUT2D eigenvalue weighted by Gasteiger charge is 2.21. The molecule has 0 bridgehead atoms. The Morgan fingerprint density at radius 1 is 1.29 bits per heavy atom. The number of halogens is 1. The molecule has 1 aliphatic rings. The van der Waals surface area contributed by atoms with Gasteiger partial charge in [0, 0.05) is 5.56 Å². The van der Waals surface area contributed by atoms with E-state index in [9.17, 15) is 4.79 Å². The van der Waals surface area contributed by atoms with Gasteiger partial charge >= 0.3 is 0 Å². The average Bonchev–Trinajstić information content (AvgIpc) is 2.53. The van der Waals surface area contributed by atoms with Gasteiger partial charge in [0.25, 0.3) is 0 Å². The van der Waals surface area contributed by atoms with Crippen LogP contribution in [0, 0.1) is 0 Å². The van der Waals surface area contributed by atoms with Gasteiger partial charge in [0.05, 0.1) is 11.1 Å². The molecule has 108 valence electrons. The first-order chi connectivity index (χ1) is 10.3. The number of carbonyl (C=O) groups excluding carboxylic acids is 1. The van der Waals surface area contributed by atoms with Crippen LogP contribution in [0.25, 0.3) is 0 Å². The molecule has 1 aliphatic heterocycles. The zero-order valence-electron chi connectivity index (χ0n) is 11.4. The van der Waals surface area contributed by atoms with Gasteiger partial charge in [-0.05, 0) is 51.7 Å². The molecule has 0 aromatic heterocycles. The molecule has 2 aromatic rings. The van der Waals surface area contributed by atoms with E-state index in [1.165, 1.54) is 11.1 Å². The second-order valence-corrected chi connectivity index (χ2v) is 5.78. The molecule has 0 saturated carbocycles. The fourth-order valence-corrected chi connectivity index (χ4v) is 3.00. The maximum atomic E-state index is 10.7. The van der Waals surface area contributed by atoms with Crippen molar-refractivity contribution in [2.45, 2.75) is 12.5 Å². The Labute approximate surface area is 132 Å². The number of rotatable bonds is 4. The third-order valence-electron chi connectivity index (χ3n) is 3.57. The number of ether oxygens (including phenoxy) is 2. The maximum Gasteiger partial charge on any atom is 0.150 e. The Balaban J connectivity index is 1.73. The third kappa shape index (κ3) is 3.17.